The van der Waals surface area contributed by atoms with Crippen LogP contribution in [0.5, 0.6) is 0 Å². The summed E-state index contributed by atoms with van der Waals surface area (Å²) in [5, 5.41) is 2.38. The van der Waals surface area contributed by atoms with Crippen LogP contribution in [0.4, 0.5) is 0 Å². The fraction of sp³-hybridized carbons (Fsp3) is 0.944. The molecule has 7 heteroatoms. The molecule has 1 saturated carbocycles. The summed E-state index contributed by atoms with van der Waals surface area (Å²) in [4.78, 5) is 15.7. The Morgan fingerprint density at radius 2 is 2.16 bits per heavy atom. The number of hydrogen-bond acceptors (Lipinski definition) is 7. The highest BCUT2D eigenvalue weighted by Gasteiger charge is 2.68. The molecule has 0 aromatic heterocycles. The summed E-state index contributed by atoms with van der Waals surface area (Å²) >= 11 is 4.59. The van der Waals surface area contributed by atoms with Gasteiger partial charge in [-0.15, -0.1) is 0 Å². The van der Waals surface area contributed by atoms with Crippen LogP contribution in [0, 0.1) is 17.8 Å². The number of fused-ring (bicyclic) bond motifs is 2. The Morgan fingerprint density at radius 1 is 1.28 bits per heavy atom. The van der Waals surface area contributed by atoms with Gasteiger partial charge in [0, 0.05) is 18.3 Å². The fourth-order valence-electron chi connectivity index (χ4n) is 5.10. The second kappa shape index (κ2) is 6.97. The van der Waals surface area contributed by atoms with Crippen LogP contribution in [0.2, 0.25) is 0 Å². The van der Waals surface area contributed by atoms with Gasteiger partial charge in [-0.1, -0.05) is 13.3 Å². The molecule has 1 aliphatic carbocycles. The lowest BCUT2D eigenvalue weighted by Gasteiger charge is -2.59. The maximum atomic E-state index is 6.30. The van der Waals surface area contributed by atoms with Crippen LogP contribution in [0.1, 0.15) is 52.4 Å². The molecular weight excluding hydrogens is 342 g/mol. The van der Waals surface area contributed by atoms with Gasteiger partial charge in [0.1, 0.15) is 0 Å². The molecule has 4 aliphatic heterocycles. The monoisotopic (exact) mass is 369 g/mol. The molecule has 5 rings (SSSR count). The number of hydrogen-bond donors (Lipinski definition) is 0. The summed E-state index contributed by atoms with van der Waals surface area (Å²) in [6.45, 7) is 5.35. The van der Waals surface area contributed by atoms with E-state index >= 15 is 0 Å². The summed E-state index contributed by atoms with van der Waals surface area (Å²) < 4.78 is 18.6. The van der Waals surface area contributed by atoms with Crippen molar-refractivity contribution in [2.24, 2.45) is 22.7 Å². The smallest absolute Gasteiger partial charge is 0.201 e. The highest BCUT2D eigenvalue weighted by atomic mass is 32.1. The lowest BCUT2D eigenvalue weighted by atomic mass is 9.61. The number of isothiocyanates is 1. The first-order valence-corrected chi connectivity index (χ1v) is 9.85. The van der Waals surface area contributed by atoms with Gasteiger partial charge in [-0.2, -0.15) is 0 Å². The first-order chi connectivity index (χ1) is 12.1. The van der Waals surface area contributed by atoms with E-state index in [1.807, 2.05) is 6.92 Å². The largest absolute Gasteiger partial charge is 0.352 e. The number of nitrogens with zero attached hydrogens (tertiary/aromatic N) is 1. The van der Waals surface area contributed by atoms with Gasteiger partial charge < -0.3 is 14.2 Å². The molecule has 0 aromatic carbocycles. The molecule has 0 amide bonds. The summed E-state index contributed by atoms with van der Waals surface area (Å²) in [6.07, 6.45) is 5.43. The first kappa shape index (κ1) is 18.0. The molecule has 1 spiro atoms. The standard InChI is InChI=1S/C18H27NO5S/c1-12-14-6-3-5-13-7-8-17(2)22-16(18(13,14)24-23-17)21-15(12)20-10-4-9-19-11-25/h12-16H,3-10H2,1-2H3/t12-,13?,14?,15+,16-,17+,18-/m1/s1. The number of rotatable bonds is 5. The topological polar surface area (TPSA) is 58.5 Å². The van der Waals surface area contributed by atoms with Gasteiger partial charge in [-0.3, -0.25) is 0 Å². The van der Waals surface area contributed by atoms with Crippen molar-refractivity contribution in [1.82, 2.24) is 0 Å². The molecule has 6 nitrogen and oxygen atoms in total. The predicted octanol–water partition coefficient (Wildman–Crippen LogP) is 3.46. The molecule has 2 unspecified atom stereocenters. The van der Waals surface area contributed by atoms with Crippen LogP contribution < -0.4 is 0 Å². The lowest BCUT2D eigenvalue weighted by molar-refractivity contribution is -0.576. The van der Waals surface area contributed by atoms with Crippen molar-refractivity contribution in [3.8, 4) is 0 Å². The lowest BCUT2D eigenvalue weighted by Crippen LogP contribution is -2.69. The Kier molecular flexibility index (Phi) is 5.01. The van der Waals surface area contributed by atoms with E-state index in [0.29, 0.717) is 25.0 Å². The molecular formula is C18H27NO5S. The molecule has 0 radical (unpaired) electrons. The van der Waals surface area contributed by atoms with Gasteiger partial charge >= 0.3 is 0 Å². The molecule has 7 atom stereocenters. The van der Waals surface area contributed by atoms with Crippen molar-refractivity contribution in [2.45, 2.75) is 76.3 Å². The third-order valence-corrected chi connectivity index (χ3v) is 6.53. The van der Waals surface area contributed by atoms with Crippen molar-refractivity contribution in [1.29, 1.82) is 0 Å². The Hall–Kier alpha value is -0.400. The Morgan fingerprint density at radius 3 is 3.00 bits per heavy atom. The highest BCUT2D eigenvalue weighted by Crippen LogP contribution is 2.59. The van der Waals surface area contributed by atoms with Crippen molar-refractivity contribution in [3.05, 3.63) is 0 Å². The van der Waals surface area contributed by atoms with Gasteiger partial charge in [-0.05, 0) is 50.7 Å². The maximum Gasteiger partial charge on any atom is 0.201 e. The van der Waals surface area contributed by atoms with E-state index in [1.54, 1.807) is 0 Å². The zero-order valence-electron chi connectivity index (χ0n) is 14.9. The Bertz CT molecular complexity index is 556. The van der Waals surface area contributed by atoms with Crippen molar-refractivity contribution < 1.29 is 24.0 Å². The Labute approximate surface area is 154 Å². The number of thiocarbonyl (C=S) groups is 1. The van der Waals surface area contributed by atoms with Gasteiger partial charge in [0.25, 0.3) is 0 Å². The van der Waals surface area contributed by atoms with Gasteiger partial charge in [0.05, 0.1) is 18.3 Å². The van der Waals surface area contributed by atoms with Crippen LogP contribution >= 0.6 is 12.2 Å². The Balaban J connectivity index is 1.52. The van der Waals surface area contributed by atoms with Gasteiger partial charge in [0.2, 0.25) is 5.79 Å². The third-order valence-electron chi connectivity index (χ3n) is 6.40. The van der Waals surface area contributed by atoms with E-state index in [4.69, 9.17) is 24.0 Å². The van der Waals surface area contributed by atoms with Crippen LogP contribution in [0.25, 0.3) is 0 Å². The zero-order valence-corrected chi connectivity index (χ0v) is 15.8. The molecule has 0 aromatic rings. The molecule has 5 fully saturated rings. The van der Waals surface area contributed by atoms with E-state index < -0.39 is 17.7 Å². The summed E-state index contributed by atoms with van der Waals surface area (Å²) in [5.74, 6) is 0.233. The van der Waals surface area contributed by atoms with Crippen molar-refractivity contribution in [3.63, 3.8) is 0 Å². The summed E-state index contributed by atoms with van der Waals surface area (Å²) in [5.41, 5.74) is -0.491. The minimum absolute atomic E-state index is 0.225. The van der Waals surface area contributed by atoms with Gasteiger partial charge in [-0.25, -0.2) is 14.8 Å². The quantitative estimate of drug-likeness (QED) is 0.320. The molecule has 5 aliphatic rings. The maximum absolute atomic E-state index is 6.30. The van der Waals surface area contributed by atoms with Crippen LogP contribution in [-0.4, -0.2) is 42.3 Å². The SMILES string of the molecule is C[C@@H]1C2CCCC3CC[C@]4(C)OO[C@]32[C@H](O[C@@H]1OCCCN=C=S)O4. The zero-order chi connectivity index (χ0) is 17.5. The summed E-state index contributed by atoms with van der Waals surface area (Å²) in [7, 11) is 0. The molecule has 4 saturated heterocycles. The van der Waals surface area contributed by atoms with Crippen LogP contribution in [0.15, 0.2) is 4.99 Å². The molecule has 140 valence electrons. The van der Waals surface area contributed by atoms with E-state index in [-0.39, 0.29) is 12.2 Å². The van der Waals surface area contributed by atoms with Crippen LogP contribution in [0.3, 0.4) is 0 Å². The van der Waals surface area contributed by atoms with E-state index in [2.05, 4.69) is 29.3 Å². The van der Waals surface area contributed by atoms with E-state index in [0.717, 1.165) is 32.1 Å². The summed E-state index contributed by atoms with van der Waals surface area (Å²) in [6, 6.07) is 0. The number of ether oxygens (including phenoxy) is 3. The average molecular weight is 369 g/mol. The molecule has 4 heterocycles. The van der Waals surface area contributed by atoms with Crippen molar-refractivity contribution >= 4 is 17.4 Å². The molecule has 25 heavy (non-hydrogen) atoms. The minimum Gasteiger partial charge on any atom is -0.352 e. The van der Waals surface area contributed by atoms with Crippen LogP contribution in [-0.2, 0) is 24.0 Å². The molecule has 0 N–H and O–H groups in total. The second-order valence-corrected chi connectivity index (χ2v) is 8.12. The first-order valence-electron chi connectivity index (χ1n) is 9.44. The average Bonchev–Trinajstić information content (AvgIpc) is 2.83. The van der Waals surface area contributed by atoms with Gasteiger partial charge in [0.15, 0.2) is 18.2 Å². The van der Waals surface area contributed by atoms with E-state index in [1.165, 1.54) is 6.42 Å². The fourth-order valence-corrected chi connectivity index (χ4v) is 5.19. The second-order valence-electron chi connectivity index (χ2n) is 7.94. The third kappa shape index (κ3) is 3.00. The van der Waals surface area contributed by atoms with E-state index in [9.17, 15) is 0 Å². The minimum atomic E-state index is -0.725. The highest BCUT2D eigenvalue weighted by molar-refractivity contribution is 7.78. The number of aliphatic imine (C=N–C) groups is 1. The van der Waals surface area contributed by atoms with Crippen molar-refractivity contribution in [2.75, 3.05) is 13.2 Å². The normalized spacial score (nSPS) is 48.3. The molecule has 2 bridgehead atoms. The predicted molar refractivity (Wildman–Crippen MR) is 92.7 cm³/mol.